The van der Waals surface area contributed by atoms with Crippen LogP contribution in [0.15, 0.2) is 18.3 Å². The van der Waals surface area contributed by atoms with Crippen LogP contribution in [0.3, 0.4) is 0 Å². The Morgan fingerprint density at radius 3 is 2.95 bits per heavy atom. The normalized spacial score (nSPS) is 27.5. The van der Waals surface area contributed by atoms with Gasteiger partial charge in [-0.05, 0) is 25.0 Å². The zero-order valence-corrected chi connectivity index (χ0v) is 13.9. The minimum absolute atomic E-state index is 0.0181. The molecule has 1 aromatic heterocycles. The number of aryl methyl sites for hydroxylation is 1. The molecule has 1 aromatic rings. The van der Waals surface area contributed by atoms with Gasteiger partial charge in [0, 0.05) is 32.4 Å². The van der Waals surface area contributed by atoms with Gasteiger partial charge in [-0.2, -0.15) is 4.31 Å². The highest BCUT2D eigenvalue weighted by Gasteiger charge is 2.40. The van der Waals surface area contributed by atoms with Gasteiger partial charge in [-0.25, -0.2) is 8.42 Å². The molecule has 0 aromatic carbocycles. The molecule has 3 rings (SSSR count). The summed E-state index contributed by atoms with van der Waals surface area (Å²) in [5, 5.41) is 0. The molecule has 2 aliphatic rings. The molecule has 3 heterocycles. The number of pyridine rings is 1. The lowest BCUT2D eigenvalue weighted by Gasteiger charge is -2.45. The summed E-state index contributed by atoms with van der Waals surface area (Å²) in [5.41, 5.74) is 2.23. The molecule has 0 saturated carbocycles. The number of ether oxygens (including phenoxy) is 1. The summed E-state index contributed by atoms with van der Waals surface area (Å²) in [6.07, 6.45) is 3.98. The van der Waals surface area contributed by atoms with Crippen molar-refractivity contribution >= 4 is 10.0 Å². The van der Waals surface area contributed by atoms with Crippen LogP contribution in [0.4, 0.5) is 0 Å². The third-order valence-electron chi connectivity index (χ3n) is 4.53. The molecule has 0 N–H and O–H groups in total. The number of hydrogen-bond donors (Lipinski definition) is 0. The molecule has 0 amide bonds. The van der Waals surface area contributed by atoms with E-state index < -0.39 is 10.0 Å². The Bertz CT molecular complexity index is 635. The number of sulfonamides is 1. The summed E-state index contributed by atoms with van der Waals surface area (Å²) in [7, 11) is -3.19. The Kier molecular flexibility index (Phi) is 4.49. The van der Waals surface area contributed by atoms with Gasteiger partial charge in [0.1, 0.15) is 0 Å². The Hall–Kier alpha value is -1.02. The zero-order valence-electron chi connectivity index (χ0n) is 13.1. The SMILES string of the molecule is Cc1cccnc1CN1CC[C@H]2OCCN(S(C)(=O)=O)[C@@H]2C1. The van der Waals surface area contributed by atoms with Crippen LogP contribution in [0.5, 0.6) is 0 Å². The van der Waals surface area contributed by atoms with Crippen molar-refractivity contribution in [2.24, 2.45) is 0 Å². The Morgan fingerprint density at radius 2 is 2.23 bits per heavy atom. The molecule has 2 atom stereocenters. The number of nitrogens with zero attached hydrogens (tertiary/aromatic N) is 3. The van der Waals surface area contributed by atoms with Gasteiger partial charge in [-0.15, -0.1) is 0 Å². The van der Waals surface area contributed by atoms with E-state index in [0.717, 1.165) is 25.2 Å². The average Bonchev–Trinajstić information content (AvgIpc) is 2.48. The zero-order chi connectivity index (χ0) is 15.7. The minimum atomic E-state index is -3.19. The maximum Gasteiger partial charge on any atom is 0.211 e. The van der Waals surface area contributed by atoms with Crippen molar-refractivity contribution in [3.63, 3.8) is 0 Å². The lowest BCUT2D eigenvalue weighted by Crippen LogP contribution is -2.60. The number of fused-ring (bicyclic) bond motifs is 1. The molecular weight excluding hydrogens is 302 g/mol. The summed E-state index contributed by atoms with van der Waals surface area (Å²) in [5.74, 6) is 0. The number of rotatable bonds is 3. The standard InChI is InChI=1S/C15H23N3O3S/c1-12-4-3-6-16-13(12)10-17-7-5-15-14(11-17)18(8-9-21-15)22(2,19)20/h3-4,6,14-15H,5,7-11H2,1-2H3/t14-,15-/m1/s1. The fourth-order valence-corrected chi connectivity index (χ4v) is 4.46. The number of aromatic nitrogens is 1. The number of morpholine rings is 1. The van der Waals surface area contributed by atoms with Crippen molar-refractivity contribution in [2.75, 3.05) is 32.5 Å². The maximum atomic E-state index is 12.0. The van der Waals surface area contributed by atoms with Gasteiger partial charge in [0.05, 0.1) is 30.7 Å². The average molecular weight is 325 g/mol. The lowest BCUT2D eigenvalue weighted by atomic mass is 10.00. The second-order valence-corrected chi connectivity index (χ2v) is 8.08. The molecule has 0 unspecified atom stereocenters. The third kappa shape index (κ3) is 3.32. The first kappa shape index (κ1) is 15.9. The summed E-state index contributed by atoms with van der Waals surface area (Å²) in [4.78, 5) is 6.72. The van der Waals surface area contributed by atoms with Crippen LogP contribution in [0.1, 0.15) is 17.7 Å². The molecular formula is C15H23N3O3S. The third-order valence-corrected chi connectivity index (χ3v) is 5.84. The molecule has 0 aliphatic carbocycles. The van der Waals surface area contributed by atoms with Gasteiger partial charge in [-0.3, -0.25) is 9.88 Å². The van der Waals surface area contributed by atoms with E-state index in [1.54, 1.807) is 4.31 Å². The van der Waals surface area contributed by atoms with E-state index in [9.17, 15) is 8.42 Å². The maximum absolute atomic E-state index is 12.0. The molecule has 0 radical (unpaired) electrons. The fraction of sp³-hybridized carbons (Fsp3) is 0.667. The van der Waals surface area contributed by atoms with E-state index in [1.165, 1.54) is 11.8 Å². The quantitative estimate of drug-likeness (QED) is 0.815. The van der Waals surface area contributed by atoms with Crippen LogP contribution in [-0.4, -0.2) is 67.2 Å². The van der Waals surface area contributed by atoms with Gasteiger partial charge in [0.25, 0.3) is 0 Å². The van der Waals surface area contributed by atoms with Crippen molar-refractivity contribution in [1.82, 2.24) is 14.2 Å². The van der Waals surface area contributed by atoms with Gasteiger partial charge in [0.2, 0.25) is 10.0 Å². The molecule has 6 nitrogen and oxygen atoms in total. The van der Waals surface area contributed by atoms with Crippen molar-refractivity contribution in [1.29, 1.82) is 0 Å². The Balaban J connectivity index is 1.74. The molecule has 122 valence electrons. The highest BCUT2D eigenvalue weighted by atomic mass is 32.2. The van der Waals surface area contributed by atoms with Gasteiger partial charge < -0.3 is 4.74 Å². The minimum Gasteiger partial charge on any atom is -0.375 e. The van der Waals surface area contributed by atoms with E-state index in [-0.39, 0.29) is 12.1 Å². The Labute approximate surface area is 132 Å². The molecule has 0 spiro atoms. The van der Waals surface area contributed by atoms with E-state index in [4.69, 9.17) is 4.74 Å². The molecule has 0 bridgehead atoms. The molecule has 7 heteroatoms. The predicted octanol–water partition coefficient (Wildman–Crippen LogP) is 0.625. The number of likely N-dealkylation sites (tertiary alicyclic amines) is 1. The second-order valence-electron chi connectivity index (χ2n) is 6.14. The van der Waals surface area contributed by atoms with E-state index >= 15 is 0 Å². The summed E-state index contributed by atoms with van der Waals surface area (Å²) < 4.78 is 31.4. The summed E-state index contributed by atoms with van der Waals surface area (Å²) in [6.45, 7) is 5.38. The molecule has 2 aliphatic heterocycles. The van der Waals surface area contributed by atoms with Crippen molar-refractivity contribution in [2.45, 2.75) is 32.0 Å². The van der Waals surface area contributed by atoms with Crippen LogP contribution in [0, 0.1) is 6.92 Å². The van der Waals surface area contributed by atoms with Gasteiger partial charge in [0.15, 0.2) is 0 Å². The van der Waals surface area contributed by atoms with Crippen LogP contribution in [0.2, 0.25) is 0 Å². The van der Waals surface area contributed by atoms with Crippen LogP contribution >= 0.6 is 0 Å². The predicted molar refractivity (Wildman–Crippen MR) is 83.9 cm³/mol. The first-order valence-electron chi connectivity index (χ1n) is 7.66. The largest absolute Gasteiger partial charge is 0.375 e. The monoisotopic (exact) mass is 325 g/mol. The number of piperidine rings is 1. The first-order valence-corrected chi connectivity index (χ1v) is 9.51. The Morgan fingerprint density at radius 1 is 1.41 bits per heavy atom. The summed E-state index contributed by atoms with van der Waals surface area (Å²) >= 11 is 0. The van der Waals surface area contributed by atoms with E-state index in [2.05, 4.69) is 22.9 Å². The smallest absolute Gasteiger partial charge is 0.211 e. The molecule has 22 heavy (non-hydrogen) atoms. The van der Waals surface area contributed by atoms with E-state index in [0.29, 0.717) is 19.7 Å². The van der Waals surface area contributed by atoms with Crippen molar-refractivity contribution in [3.8, 4) is 0 Å². The highest BCUT2D eigenvalue weighted by Crippen LogP contribution is 2.26. The van der Waals surface area contributed by atoms with Gasteiger partial charge in [-0.1, -0.05) is 6.07 Å². The van der Waals surface area contributed by atoms with Crippen LogP contribution in [-0.2, 0) is 21.3 Å². The topological polar surface area (TPSA) is 62.7 Å². The van der Waals surface area contributed by atoms with Crippen LogP contribution < -0.4 is 0 Å². The second kappa shape index (κ2) is 6.23. The van der Waals surface area contributed by atoms with E-state index in [1.807, 2.05) is 12.3 Å². The summed E-state index contributed by atoms with van der Waals surface area (Å²) in [6, 6.07) is 3.91. The molecule has 2 saturated heterocycles. The van der Waals surface area contributed by atoms with Crippen molar-refractivity contribution < 1.29 is 13.2 Å². The van der Waals surface area contributed by atoms with Crippen molar-refractivity contribution in [3.05, 3.63) is 29.6 Å². The number of hydrogen-bond acceptors (Lipinski definition) is 5. The lowest BCUT2D eigenvalue weighted by molar-refractivity contribution is -0.0769. The molecule has 2 fully saturated rings. The fourth-order valence-electron chi connectivity index (χ4n) is 3.36. The van der Waals surface area contributed by atoms with Crippen LogP contribution in [0.25, 0.3) is 0 Å². The first-order chi connectivity index (χ1) is 10.4. The van der Waals surface area contributed by atoms with Gasteiger partial charge >= 0.3 is 0 Å². The highest BCUT2D eigenvalue weighted by molar-refractivity contribution is 7.88.